The van der Waals surface area contributed by atoms with Crippen LogP contribution in [0.3, 0.4) is 0 Å². The lowest BCUT2D eigenvalue weighted by atomic mass is 10.1. The molecule has 0 bridgehead atoms. The van der Waals surface area contributed by atoms with Gasteiger partial charge in [0.2, 0.25) is 0 Å². The second kappa shape index (κ2) is 7.84. The first-order chi connectivity index (χ1) is 11.8. The molecule has 1 heterocycles. The average Bonchev–Trinajstić information content (AvgIpc) is 2.67. The predicted octanol–water partition coefficient (Wildman–Crippen LogP) is 2.75. The fourth-order valence-electron chi connectivity index (χ4n) is 2.62. The van der Waals surface area contributed by atoms with Crippen LogP contribution in [0.5, 0.6) is 11.5 Å². The number of benzene rings is 2. The van der Waals surface area contributed by atoms with Crippen LogP contribution >= 0.6 is 0 Å². The highest BCUT2D eigenvalue weighted by atomic mass is 16.5. The first-order valence-electron chi connectivity index (χ1n) is 7.99. The molecule has 3 rings (SSSR count). The maximum absolute atomic E-state index is 12.6. The maximum atomic E-state index is 12.6. The Morgan fingerprint density at radius 1 is 1.12 bits per heavy atom. The average molecular weight is 327 g/mol. The largest absolute Gasteiger partial charge is 0.496 e. The monoisotopic (exact) mass is 327 g/mol. The van der Waals surface area contributed by atoms with Crippen LogP contribution in [0.4, 0.5) is 0 Å². The van der Waals surface area contributed by atoms with Crippen LogP contribution in [0, 0.1) is 0 Å². The minimum absolute atomic E-state index is 0.0373. The number of carbonyl (C=O) groups is 1. The minimum atomic E-state index is -0.0373. The molecule has 5 heteroatoms. The van der Waals surface area contributed by atoms with Gasteiger partial charge in [-0.25, -0.2) is 0 Å². The summed E-state index contributed by atoms with van der Waals surface area (Å²) in [5.74, 6) is 1.16. The quantitative estimate of drug-likeness (QED) is 0.847. The minimum Gasteiger partial charge on any atom is -0.496 e. The molecule has 1 aliphatic rings. The molecule has 1 aliphatic heterocycles. The van der Waals surface area contributed by atoms with Crippen LogP contribution in [-0.4, -0.2) is 44.2 Å². The normalized spacial score (nSPS) is 14.3. The topological polar surface area (TPSA) is 48.0 Å². The van der Waals surface area contributed by atoms with Gasteiger partial charge in [0.1, 0.15) is 18.1 Å². The van der Waals surface area contributed by atoms with Gasteiger partial charge in [-0.3, -0.25) is 4.79 Å². The standard InChI is InChI=1S/C19H21NO4/c1-22-18-13-16(24-14-15-5-3-2-4-6-15)7-8-17(18)19(21)20-9-11-23-12-10-20/h2-8,13H,9-12,14H2,1H3. The Balaban J connectivity index is 1.71. The van der Waals surface area contributed by atoms with Gasteiger partial charge in [-0.2, -0.15) is 0 Å². The first kappa shape index (κ1) is 16.3. The van der Waals surface area contributed by atoms with E-state index < -0.39 is 0 Å². The van der Waals surface area contributed by atoms with E-state index in [9.17, 15) is 4.79 Å². The van der Waals surface area contributed by atoms with E-state index in [0.29, 0.717) is 50.0 Å². The number of hydrogen-bond acceptors (Lipinski definition) is 4. The molecule has 0 atom stereocenters. The lowest BCUT2D eigenvalue weighted by Gasteiger charge is -2.27. The van der Waals surface area contributed by atoms with E-state index in [0.717, 1.165) is 5.56 Å². The van der Waals surface area contributed by atoms with E-state index >= 15 is 0 Å². The van der Waals surface area contributed by atoms with E-state index in [1.165, 1.54) is 0 Å². The van der Waals surface area contributed by atoms with Crippen molar-refractivity contribution in [3.8, 4) is 11.5 Å². The summed E-state index contributed by atoms with van der Waals surface area (Å²) >= 11 is 0. The molecule has 0 radical (unpaired) electrons. The lowest BCUT2D eigenvalue weighted by Crippen LogP contribution is -2.40. The molecule has 2 aromatic rings. The van der Waals surface area contributed by atoms with Crippen LogP contribution in [0.1, 0.15) is 15.9 Å². The van der Waals surface area contributed by atoms with E-state index in [-0.39, 0.29) is 5.91 Å². The van der Waals surface area contributed by atoms with Gasteiger partial charge in [0, 0.05) is 19.2 Å². The van der Waals surface area contributed by atoms with Crippen molar-refractivity contribution in [3.63, 3.8) is 0 Å². The van der Waals surface area contributed by atoms with Gasteiger partial charge in [-0.1, -0.05) is 30.3 Å². The molecule has 0 aromatic heterocycles. The van der Waals surface area contributed by atoms with Crippen LogP contribution in [-0.2, 0) is 11.3 Å². The van der Waals surface area contributed by atoms with Crippen LogP contribution in [0.25, 0.3) is 0 Å². The Hall–Kier alpha value is -2.53. The summed E-state index contributed by atoms with van der Waals surface area (Å²) in [7, 11) is 1.56. The number of rotatable bonds is 5. The Morgan fingerprint density at radius 3 is 2.58 bits per heavy atom. The van der Waals surface area contributed by atoms with Gasteiger partial charge < -0.3 is 19.1 Å². The fraction of sp³-hybridized carbons (Fsp3) is 0.316. The third-order valence-corrected chi connectivity index (χ3v) is 3.95. The van der Waals surface area contributed by atoms with E-state index in [1.54, 1.807) is 30.2 Å². The molecular weight excluding hydrogens is 306 g/mol. The first-order valence-corrected chi connectivity index (χ1v) is 7.99. The highest BCUT2D eigenvalue weighted by Gasteiger charge is 2.22. The van der Waals surface area contributed by atoms with Crippen molar-refractivity contribution in [3.05, 3.63) is 59.7 Å². The number of nitrogens with zero attached hydrogens (tertiary/aromatic N) is 1. The fourth-order valence-corrected chi connectivity index (χ4v) is 2.62. The van der Waals surface area contributed by atoms with Gasteiger partial charge in [-0.05, 0) is 17.7 Å². The molecule has 0 N–H and O–H groups in total. The Morgan fingerprint density at radius 2 is 1.88 bits per heavy atom. The van der Waals surface area contributed by atoms with Crippen LogP contribution < -0.4 is 9.47 Å². The van der Waals surface area contributed by atoms with Gasteiger partial charge >= 0.3 is 0 Å². The number of carbonyl (C=O) groups excluding carboxylic acids is 1. The second-order valence-corrected chi connectivity index (χ2v) is 5.54. The number of amides is 1. The zero-order valence-electron chi connectivity index (χ0n) is 13.7. The van der Waals surface area contributed by atoms with Crippen molar-refractivity contribution in [1.82, 2.24) is 4.90 Å². The molecule has 24 heavy (non-hydrogen) atoms. The van der Waals surface area contributed by atoms with Gasteiger partial charge in [0.25, 0.3) is 5.91 Å². The van der Waals surface area contributed by atoms with Crippen molar-refractivity contribution in [2.75, 3.05) is 33.4 Å². The second-order valence-electron chi connectivity index (χ2n) is 5.54. The number of methoxy groups -OCH3 is 1. The SMILES string of the molecule is COc1cc(OCc2ccccc2)ccc1C(=O)N1CCOCC1. The third kappa shape index (κ3) is 3.86. The summed E-state index contributed by atoms with van der Waals surface area (Å²) < 4.78 is 16.5. The van der Waals surface area contributed by atoms with Crippen molar-refractivity contribution < 1.29 is 19.0 Å². The molecule has 2 aromatic carbocycles. The summed E-state index contributed by atoms with van der Waals surface area (Å²) in [6, 6.07) is 15.3. The van der Waals surface area contributed by atoms with Crippen LogP contribution in [0.2, 0.25) is 0 Å². The van der Waals surface area contributed by atoms with Gasteiger partial charge in [-0.15, -0.1) is 0 Å². The highest BCUT2D eigenvalue weighted by molar-refractivity contribution is 5.97. The molecule has 0 unspecified atom stereocenters. The molecule has 1 amide bonds. The highest BCUT2D eigenvalue weighted by Crippen LogP contribution is 2.26. The van der Waals surface area contributed by atoms with Crippen molar-refractivity contribution in [2.24, 2.45) is 0 Å². The van der Waals surface area contributed by atoms with Gasteiger partial charge in [0.15, 0.2) is 0 Å². The third-order valence-electron chi connectivity index (χ3n) is 3.95. The molecule has 126 valence electrons. The molecular formula is C19H21NO4. The molecule has 0 aliphatic carbocycles. The summed E-state index contributed by atoms with van der Waals surface area (Å²) in [5, 5.41) is 0. The number of ether oxygens (including phenoxy) is 3. The predicted molar refractivity (Wildman–Crippen MR) is 90.5 cm³/mol. The van der Waals surface area contributed by atoms with E-state index in [2.05, 4.69) is 0 Å². The zero-order chi connectivity index (χ0) is 16.8. The molecule has 1 fully saturated rings. The molecule has 5 nitrogen and oxygen atoms in total. The Bertz CT molecular complexity index is 681. The lowest BCUT2D eigenvalue weighted by molar-refractivity contribution is 0.0301. The molecule has 1 saturated heterocycles. The molecule has 0 spiro atoms. The van der Waals surface area contributed by atoms with Crippen molar-refractivity contribution in [2.45, 2.75) is 6.61 Å². The van der Waals surface area contributed by atoms with E-state index in [1.807, 2.05) is 30.3 Å². The van der Waals surface area contributed by atoms with Crippen molar-refractivity contribution in [1.29, 1.82) is 0 Å². The molecule has 0 saturated carbocycles. The zero-order valence-corrected chi connectivity index (χ0v) is 13.7. The Kier molecular flexibility index (Phi) is 5.33. The maximum Gasteiger partial charge on any atom is 0.257 e. The summed E-state index contributed by atoms with van der Waals surface area (Å²) in [4.78, 5) is 14.4. The summed E-state index contributed by atoms with van der Waals surface area (Å²) in [6.45, 7) is 2.84. The van der Waals surface area contributed by atoms with Crippen molar-refractivity contribution >= 4 is 5.91 Å². The van der Waals surface area contributed by atoms with Crippen LogP contribution in [0.15, 0.2) is 48.5 Å². The summed E-state index contributed by atoms with van der Waals surface area (Å²) in [6.07, 6.45) is 0. The Labute approximate surface area is 141 Å². The number of hydrogen-bond donors (Lipinski definition) is 0. The van der Waals surface area contributed by atoms with Gasteiger partial charge in [0.05, 0.1) is 25.9 Å². The summed E-state index contributed by atoms with van der Waals surface area (Å²) in [5.41, 5.74) is 1.64. The van der Waals surface area contributed by atoms with E-state index in [4.69, 9.17) is 14.2 Å². The number of morpholine rings is 1. The smallest absolute Gasteiger partial charge is 0.257 e.